The summed E-state index contributed by atoms with van der Waals surface area (Å²) >= 11 is 0. The van der Waals surface area contributed by atoms with Crippen LogP contribution in [0.1, 0.15) is 18.1 Å². The van der Waals surface area contributed by atoms with Crippen molar-refractivity contribution in [2.75, 3.05) is 39.4 Å². The number of carbonyl (C=O) groups excluding carboxylic acids is 1. The number of carboxylic acid groups (broad SMARTS) is 4. The van der Waals surface area contributed by atoms with E-state index in [1.807, 2.05) is 0 Å². The molecule has 0 heterocycles. The van der Waals surface area contributed by atoms with Crippen LogP contribution in [0.4, 0.5) is 0 Å². The Morgan fingerprint density at radius 2 is 1.32 bits per heavy atom. The molecule has 201 valence electrons. The maximum Gasteiger partial charge on any atom is 0.330 e. The first-order valence-corrected chi connectivity index (χ1v) is 10.6. The molecule has 0 aromatic heterocycles. The Kier molecular flexibility index (Phi) is 16.2. The minimum absolute atomic E-state index is 0. The average Bonchev–Trinajstić information content (AvgIpc) is 2.73. The summed E-state index contributed by atoms with van der Waals surface area (Å²) in [4.78, 5) is 58.7. The van der Waals surface area contributed by atoms with Crippen LogP contribution >= 0.6 is 0 Å². The zero-order valence-electron chi connectivity index (χ0n) is 20.3. The van der Waals surface area contributed by atoms with Crippen molar-refractivity contribution in [3.05, 3.63) is 47.9 Å². The molecular weight excluding hydrogens is 569 g/mol. The minimum atomic E-state index is -1.26. The van der Waals surface area contributed by atoms with Crippen molar-refractivity contribution in [1.29, 1.82) is 0 Å². The smallest absolute Gasteiger partial charge is 0.330 e. The van der Waals surface area contributed by atoms with E-state index >= 15 is 0 Å². The fraction of sp³-hybridized carbons (Fsp3) is 0.391. The second-order valence-corrected chi connectivity index (χ2v) is 7.74. The van der Waals surface area contributed by atoms with Gasteiger partial charge in [-0.3, -0.25) is 35.4 Å². The van der Waals surface area contributed by atoms with Gasteiger partial charge in [-0.15, -0.1) is 0 Å². The van der Waals surface area contributed by atoms with Gasteiger partial charge >= 0.3 is 29.8 Å². The molecule has 13 nitrogen and oxygen atoms in total. The Balaban J connectivity index is 0.0000130. The number of hydrogen-bond acceptors (Lipinski definition) is 9. The van der Waals surface area contributed by atoms with Crippen LogP contribution in [0.15, 0.2) is 30.4 Å². The van der Waals surface area contributed by atoms with E-state index in [1.54, 1.807) is 18.2 Å². The first-order chi connectivity index (χ1) is 16.9. The molecule has 4 N–H and O–H groups in total. The number of benzene rings is 1. The monoisotopic (exact) mass is 598 g/mol. The molecule has 14 heteroatoms. The van der Waals surface area contributed by atoms with Crippen molar-refractivity contribution in [1.82, 2.24) is 9.80 Å². The van der Waals surface area contributed by atoms with E-state index in [4.69, 9.17) is 19.7 Å². The van der Waals surface area contributed by atoms with E-state index in [2.05, 4.69) is 6.58 Å². The normalized spacial score (nSPS) is 10.5. The van der Waals surface area contributed by atoms with Crippen LogP contribution in [0.3, 0.4) is 0 Å². The van der Waals surface area contributed by atoms with E-state index < -0.39 is 56.0 Å². The molecule has 0 fully saturated rings. The molecule has 0 amide bonds. The predicted molar refractivity (Wildman–Crippen MR) is 123 cm³/mol. The van der Waals surface area contributed by atoms with Crippen LogP contribution < -0.4 is 4.74 Å². The molecule has 0 atom stereocenters. The summed E-state index contributed by atoms with van der Waals surface area (Å²) in [5, 5.41) is 36.6. The van der Waals surface area contributed by atoms with Gasteiger partial charge in [-0.1, -0.05) is 18.7 Å². The Hall–Kier alpha value is -2.87. The third-order valence-electron chi connectivity index (χ3n) is 4.48. The standard InChI is InChI=1S/C23H29N2O11.Y/c1-15(2)23(34)36-8-4-7-35-18-6-3-5-16(9-24(11-19(26)27)12-20(28)29)17(18)10-25(13-21(30)31)14-22(32)33;/h3-6H,1,7-14H2,2H3,(H,26,27)(H,28,29)(H,30,31)(H,32,33);/q-1;. The summed E-state index contributed by atoms with van der Waals surface area (Å²) in [6.45, 7) is 2.17. The first-order valence-electron chi connectivity index (χ1n) is 10.6. The largest absolute Gasteiger partial charge is 0.525 e. The Morgan fingerprint density at radius 3 is 1.78 bits per heavy atom. The van der Waals surface area contributed by atoms with Gasteiger partial charge in [0.1, 0.15) is 5.75 Å². The van der Waals surface area contributed by atoms with Crippen molar-refractivity contribution < 1.29 is 86.6 Å². The fourth-order valence-corrected chi connectivity index (χ4v) is 3.09. The summed E-state index contributed by atoms with van der Waals surface area (Å²) in [6, 6.07) is 4.70. The molecule has 1 rings (SSSR count). The molecule has 0 spiro atoms. The molecule has 0 aliphatic rings. The van der Waals surface area contributed by atoms with Crippen molar-refractivity contribution in [2.45, 2.75) is 20.0 Å². The molecule has 0 unspecified atom stereocenters. The van der Waals surface area contributed by atoms with Crippen molar-refractivity contribution in [2.24, 2.45) is 0 Å². The van der Waals surface area contributed by atoms with Gasteiger partial charge in [0.15, 0.2) is 0 Å². The first kappa shape index (κ1) is 34.1. The fourth-order valence-electron chi connectivity index (χ4n) is 3.09. The molecule has 37 heavy (non-hydrogen) atoms. The van der Waals surface area contributed by atoms with E-state index in [-0.39, 0.29) is 70.3 Å². The number of nitrogens with zero attached hydrogens (tertiary/aromatic N) is 2. The van der Waals surface area contributed by atoms with Crippen LogP contribution in [0.25, 0.3) is 0 Å². The van der Waals surface area contributed by atoms with Crippen LogP contribution in [0, 0.1) is 6.42 Å². The van der Waals surface area contributed by atoms with E-state index in [0.717, 1.165) is 9.80 Å². The maximum absolute atomic E-state index is 11.5. The third kappa shape index (κ3) is 14.5. The Bertz CT molecular complexity index is 951. The summed E-state index contributed by atoms with van der Waals surface area (Å²) in [5.74, 6) is -5.36. The van der Waals surface area contributed by atoms with Crippen LogP contribution in [-0.2, 0) is 74.5 Å². The molecule has 0 saturated heterocycles. The van der Waals surface area contributed by atoms with Gasteiger partial charge in [-0.25, -0.2) is 4.79 Å². The van der Waals surface area contributed by atoms with Crippen molar-refractivity contribution >= 4 is 29.8 Å². The van der Waals surface area contributed by atoms with E-state index in [1.165, 1.54) is 13.3 Å². The Labute approximate surface area is 238 Å². The van der Waals surface area contributed by atoms with Gasteiger partial charge in [-0.05, 0) is 31.8 Å². The Morgan fingerprint density at radius 1 is 0.838 bits per heavy atom. The topological polar surface area (TPSA) is 191 Å². The number of esters is 1. The van der Waals surface area contributed by atoms with E-state index in [0.29, 0.717) is 11.1 Å². The SMILES string of the molecule is C=C(C)C(=O)OC[CH-]COc1cccc(CN(CC(=O)O)CC(=O)O)c1CN(CC(=O)O)CC(=O)O.[Y]. The quantitative estimate of drug-likeness (QED) is 0.0783. The van der Waals surface area contributed by atoms with Gasteiger partial charge in [-0.2, -0.15) is 0 Å². The molecular formula is C23H29N2O11Y-. The zero-order valence-corrected chi connectivity index (χ0v) is 23.1. The summed E-state index contributed by atoms with van der Waals surface area (Å²) in [6.07, 6.45) is 1.50. The van der Waals surface area contributed by atoms with Gasteiger partial charge in [0, 0.05) is 56.9 Å². The number of hydrogen-bond donors (Lipinski definition) is 4. The molecule has 1 aromatic rings. The van der Waals surface area contributed by atoms with E-state index in [9.17, 15) is 34.2 Å². The molecule has 0 saturated carbocycles. The summed E-state index contributed by atoms with van der Waals surface area (Å²) in [5.41, 5.74) is 1.00. The predicted octanol–water partition coefficient (Wildman–Crippen LogP) is 0.329. The maximum atomic E-state index is 11.5. The molecule has 1 aromatic carbocycles. The number of carbonyl (C=O) groups is 5. The number of ether oxygens (including phenoxy) is 2. The third-order valence-corrected chi connectivity index (χ3v) is 4.48. The molecule has 0 aliphatic carbocycles. The van der Waals surface area contributed by atoms with Crippen molar-refractivity contribution in [3.8, 4) is 5.75 Å². The van der Waals surface area contributed by atoms with Gasteiger partial charge in [0.2, 0.25) is 0 Å². The van der Waals surface area contributed by atoms with Crippen LogP contribution in [0.2, 0.25) is 0 Å². The average molecular weight is 598 g/mol. The molecule has 1 radical (unpaired) electrons. The van der Waals surface area contributed by atoms with Crippen LogP contribution in [-0.4, -0.2) is 99.5 Å². The second kappa shape index (κ2) is 17.6. The number of rotatable bonds is 18. The summed E-state index contributed by atoms with van der Waals surface area (Å²) < 4.78 is 10.7. The van der Waals surface area contributed by atoms with Gasteiger partial charge in [0.25, 0.3) is 0 Å². The number of carboxylic acids is 4. The minimum Gasteiger partial charge on any atom is -0.525 e. The summed E-state index contributed by atoms with van der Waals surface area (Å²) in [7, 11) is 0. The van der Waals surface area contributed by atoms with Gasteiger partial charge < -0.3 is 29.9 Å². The second-order valence-electron chi connectivity index (χ2n) is 7.74. The number of aliphatic carboxylic acids is 4. The molecule has 0 aliphatic heterocycles. The molecule has 0 bridgehead atoms. The van der Waals surface area contributed by atoms with Crippen molar-refractivity contribution in [3.63, 3.8) is 0 Å². The van der Waals surface area contributed by atoms with Gasteiger partial charge in [0.05, 0.1) is 26.2 Å². The zero-order chi connectivity index (χ0) is 27.3. The van der Waals surface area contributed by atoms with Crippen LogP contribution in [0.5, 0.6) is 5.75 Å².